The van der Waals surface area contributed by atoms with Gasteiger partial charge >= 0.3 is 10.1 Å². The third-order valence-electron chi connectivity index (χ3n) is 4.19. The first-order chi connectivity index (χ1) is 15.1. The Bertz CT molecular complexity index is 1340. The van der Waals surface area contributed by atoms with E-state index in [-0.39, 0.29) is 26.3 Å². The molecule has 0 bridgehead atoms. The molecule has 0 saturated carbocycles. The van der Waals surface area contributed by atoms with Crippen LogP contribution in [0.25, 0.3) is 0 Å². The van der Waals surface area contributed by atoms with Crippen molar-refractivity contribution in [3.8, 4) is 11.5 Å². The van der Waals surface area contributed by atoms with E-state index in [9.17, 15) is 16.8 Å². The highest BCUT2D eigenvalue weighted by atomic mass is 35.5. The summed E-state index contributed by atoms with van der Waals surface area (Å²) in [5.41, 5.74) is 1.27. The zero-order valence-corrected chi connectivity index (χ0v) is 19.4. The number of sulfonamides is 1. The molecule has 0 radical (unpaired) electrons. The van der Waals surface area contributed by atoms with Gasteiger partial charge in [0.1, 0.15) is 4.90 Å². The summed E-state index contributed by atoms with van der Waals surface area (Å²) in [6, 6.07) is 16.6. The van der Waals surface area contributed by atoms with Gasteiger partial charge in [-0.1, -0.05) is 47.5 Å². The predicted molar refractivity (Wildman–Crippen MR) is 121 cm³/mol. The van der Waals surface area contributed by atoms with Gasteiger partial charge in [0.05, 0.1) is 23.2 Å². The minimum atomic E-state index is -4.14. The topological polar surface area (TPSA) is 111 Å². The molecule has 8 nitrogen and oxygen atoms in total. The van der Waals surface area contributed by atoms with Crippen LogP contribution in [0, 0.1) is 6.92 Å². The first kappa shape index (κ1) is 23.6. The maximum absolute atomic E-state index is 12.5. The fraction of sp³-hybridized carbons (Fsp3) is 0.0952. The van der Waals surface area contributed by atoms with Gasteiger partial charge in [-0.3, -0.25) is 0 Å². The van der Waals surface area contributed by atoms with Crippen LogP contribution in [0.4, 0.5) is 0 Å². The monoisotopic (exact) mass is 494 g/mol. The summed E-state index contributed by atoms with van der Waals surface area (Å²) in [6.45, 7) is 1.84. The summed E-state index contributed by atoms with van der Waals surface area (Å²) >= 11 is 6.22. The molecular formula is C21H19ClN2O6S2. The Hall–Kier alpha value is -3.08. The second-order valence-corrected chi connectivity index (χ2v) is 10.2. The number of nitrogens with zero attached hydrogens (tertiary/aromatic N) is 1. The van der Waals surface area contributed by atoms with Crippen molar-refractivity contribution in [2.75, 3.05) is 7.11 Å². The molecule has 0 heterocycles. The maximum atomic E-state index is 12.5. The summed E-state index contributed by atoms with van der Waals surface area (Å²) in [7, 11) is -6.68. The van der Waals surface area contributed by atoms with E-state index in [1.165, 1.54) is 49.7 Å². The van der Waals surface area contributed by atoms with Crippen LogP contribution < -0.4 is 13.8 Å². The molecular weight excluding hydrogens is 476 g/mol. The van der Waals surface area contributed by atoms with E-state index in [1.54, 1.807) is 30.3 Å². The number of hydrogen-bond acceptors (Lipinski definition) is 7. The Morgan fingerprint density at radius 1 is 0.938 bits per heavy atom. The minimum absolute atomic E-state index is 0.0276. The largest absolute Gasteiger partial charge is 0.493 e. The Balaban J connectivity index is 1.82. The highest BCUT2D eigenvalue weighted by Gasteiger charge is 2.22. The Morgan fingerprint density at radius 2 is 1.59 bits per heavy atom. The lowest BCUT2D eigenvalue weighted by Crippen LogP contribution is -2.18. The summed E-state index contributed by atoms with van der Waals surface area (Å²) in [4.78, 5) is 2.12. The van der Waals surface area contributed by atoms with E-state index >= 15 is 0 Å². The number of hydrogen-bond donors (Lipinski definition) is 1. The van der Waals surface area contributed by atoms with Gasteiger partial charge in [-0.2, -0.15) is 21.9 Å². The van der Waals surface area contributed by atoms with Gasteiger partial charge in [-0.25, -0.2) is 4.83 Å². The van der Waals surface area contributed by atoms with Gasteiger partial charge in [-0.15, -0.1) is 0 Å². The first-order valence-corrected chi connectivity index (χ1v) is 12.4. The van der Waals surface area contributed by atoms with E-state index in [0.717, 1.165) is 5.56 Å². The lowest BCUT2D eigenvalue weighted by molar-refractivity contribution is 0.390. The third-order valence-corrected chi connectivity index (χ3v) is 6.95. The molecule has 0 unspecified atom stereocenters. The van der Waals surface area contributed by atoms with Crippen LogP contribution in [0.2, 0.25) is 5.02 Å². The van der Waals surface area contributed by atoms with E-state index < -0.39 is 20.1 Å². The Kier molecular flexibility index (Phi) is 7.07. The fourth-order valence-electron chi connectivity index (χ4n) is 2.58. The lowest BCUT2D eigenvalue weighted by atomic mass is 10.2. The molecule has 1 N–H and O–H groups in total. The molecule has 0 aromatic heterocycles. The summed E-state index contributed by atoms with van der Waals surface area (Å²) in [5, 5.41) is 3.68. The lowest BCUT2D eigenvalue weighted by Gasteiger charge is -2.13. The van der Waals surface area contributed by atoms with Gasteiger partial charge < -0.3 is 8.92 Å². The van der Waals surface area contributed by atoms with Gasteiger partial charge in [0, 0.05) is 0 Å². The van der Waals surface area contributed by atoms with Crippen LogP contribution in [0.1, 0.15) is 11.1 Å². The summed E-state index contributed by atoms with van der Waals surface area (Å²) in [6.07, 6.45) is 1.20. The second-order valence-electron chi connectivity index (χ2n) is 6.55. The number of methoxy groups -OCH3 is 1. The van der Waals surface area contributed by atoms with Crippen molar-refractivity contribution in [2.45, 2.75) is 16.7 Å². The van der Waals surface area contributed by atoms with E-state index in [1.807, 2.05) is 6.92 Å². The second kappa shape index (κ2) is 9.60. The molecule has 0 aliphatic rings. The number of hydrazone groups is 1. The van der Waals surface area contributed by atoms with Crippen LogP contribution in [0.5, 0.6) is 11.5 Å². The van der Waals surface area contributed by atoms with Crippen LogP contribution in [-0.2, 0) is 20.1 Å². The molecule has 168 valence electrons. The molecule has 3 aromatic rings. The molecule has 3 aromatic carbocycles. The quantitative estimate of drug-likeness (QED) is 0.290. The number of ether oxygens (including phenoxy) is 1. The number of nitrogens with one attached hydrogen (secondary N) is 1. The number of rotatable bonds is 8. The smallest absolute Gasteiger partial charge is 0.339 e. The van der Waals surface area contributed by atoms with E-state index in [0.29, 0.717) is 5.56 Å². The predicted octanol–water partition coefficient (Wildman–Crippen LogP) is 3.74. The van der Waals surface area contributed by atoms with Crippen molar-refractivity contribution in [2.24, 2.45) is 5.10 Å². The molecule has 0 atom stereocenters. The van der Waals surface area contributed by atoms with Crippen molar-refractivity contribution in [1.29, 1.82) is 0 Å². The van der Waals surface area contributed by atoms with Crippen LogP contribution in [0.15, 0.2) is 81.6 Å². The summed E-state index contributed by atoms with van der Waals surface area (Å²) in [5.74, 6) is -0.171. The zero-order valence-electron chi connectivity index (χ0n) is 17.0. The Labute approximate surface area is 191 Å². The van der Waals surface area contributed by atoms with Crippen molar-refractivity contribution >= 4 is 38.0 Å². The van der Waals surface area contributed by atoms with Crippen molar-refractivity contribution in [1.82, 2.24) is 4.83 Å². The molecule has 0 fully saturated rings. The normalized spacial score (nSPS) is 12.0. The number of aryl methyl sites for hydroxylation is 1. The van der Waals surface area contributed by atoms with E-state index in [4.69, 9.17) is 20.5 Å². The highest BCUT2D eigenvalue weighted by Crippen LogP contribution is 2.38. The average Bonchev–Trinajstić information content (AvgIpc) is 2.76. The van der Waals surface area contributed by atoms with Crippen LogP contribution >= 0.6 is 11.6 Å². The first-order valence-electron chi connectivity index (χ1n) is 9.11. The highest BCUT2D eigenvalue weighted by molar-refractivity contribution is 7.89. The SMILES string of the molecule is COc1cc(/C=N/NS(=O)(=O)c2ccc(C)cc2)cc(Cl)c1OS(=O)(=O)c1ccccc1. The molecule has 11 heteroatoms. The average molecular weight is 495 g/mol. The molecule has 0 saturated heterocycles. The summed E-state index contributed by atoms with van der Waals surface area (Å²) < 4.78 is 60.0. The molecule has 3 rings (SSSR count). The van der Waals surface area contributed by atoms with Crippen molar-refractivity contribution in [3.05, 3.63) is 82.9 Å². The molecule has 0 aliphatic carbocycles. The molecule has 0 aliphatic heterocycles. The van der Waals surface area contributed by atoms with Crippen molar-refractivity contribution in [3.63, 3.8) is 0 Å². The third kappa shape index (κ3) is 5.58. The standard InChI is InChI=1S/C21H19ClN2O6S2/c1-15-8-10-17(11-9-15)31(25,26)24-23-14-16-12-19(22)21(20(13-16)29-2)30-32(27,28)18-6-4-3-5-7-18/h3-14,24H,1-2H3/b23-14+. The number of halogens is 1. The van der Waals surface area contributed by atoms with Gasteiger partial charge in [0.15, 0.2) is 5.75 Å². The van der Waals surface area contributed by atoms with Gasteiger partial charge in [0.2, 0.25) is 5.75 Å². The number of benzene rings is 3. The van der Waals surface area contributed by atoms with E-state index in [2.05, 4.69) is 9.93 Å². The minimum Gasteiger partial charge on any atom is -0.493 e. The maximum Gasteiger partial charge on any atom is 0.339 e. The van der Waals surface area contributed by atoms with Gasteiger partial charge in [-0.05, 0) is 48.9 Å². The van der Waals surface area contributed by atoms with Crippen LogP contribution in [-0.4, -0.2) is 30.2 Å². The molecule has 0 amide bonds. The zero-order chi connectivity index (χ0) is 23.4. The molecule has 0 spiro atoms. The van der Waals surface area contributed by atoms with Crippen LogP contribution in [0.3, 0.4) is 0 Å². The molecule has 32 heavy (non-hydrogen) atoms. The Morgan fingerprint density at radius 3 is 2.22 bits per heavy atom. The fourth-order valence-corrected chi connectivity index (χ4v) is 4.65. The van der Waals surface area contributed by atoms with Crippen molar-refractivity contribution < 1.29 is 25.8 Å². The van der Waals surface area contributed by atoms with Gasteiger partial charge in [0.25, 0.3) is 10.0 Å².